The molecule has 0 radical (unpaired) electrons. The molecule has 3 aliphatic rings. The van der Waals surface area contributed by atoms with Crippen molar-refractivity contribution in [1.29, 1.82) is 0 Å². The van der Waals surface area contributed by atoms with Crippen LogP contribution in [0.15, 0.2) is 30.3 Å². The second-order valence-electron chi connectivity index (χ2n) is 6.57. The molecule has 3 heteroatoms. The Morgan fingerprint density at radius 3 is 2.25 bits per heavy atom. The number of rotatable bonds is 2. The second-order valence-corrected chi connectivity index (χ2v) is 6.57. The molecule has 3 fully saturated rings. The van der Waals surface area contributed by atoms with Crippen LogP contribution in [0.4, 0.5) is 0 Å². The van der Waals surface area contributed by atoms with E-state index >= 15 is 0 Å². The normalized spacial score (nSPS) is 34.2. The van der Waals surface area contributed by atoms with Gasteiger partial charge in [-0.1, -0.05) is 30.3 Å². The Balaban J connectivity index is 1.43. The van der Waals surface area contributed by atoms with E-state index in [1.165, 1.54) is 5.56 Å². The lowest BCUT2D eigenvalue weighted by molar-refractivity contribution is -0.205. The van der Waals surface area contributed by atoms with Crippen molar-refractivity contribution in [1.82, 2.24) is 0 Å². The van der Waals surface area contributed by atoms with Crippen LogP contribution in [0.2, 0.25) is 0 Å². The molecule has 1 aromatic carbocycles. The van der Waals surface area contributed by atoms with Crippen LogP contribution in [-0.4, -0.2) is 29.7 Å². The maximum absolute atomic E-state index is 11.0. The SMILES string of the molecule is OC1(C2CC2c2ccccc2)CCC2(CC1)OCCO2. The number of aliphatic hydroxyl groups is 1. The molecule has 1 N–H and O–H groups in total. The molecule has 2 unspecified atom stereocenters. The fraction of sp³-hybridized carbons (Fsp3) is 0.647. The summed E-state index contributed by atoms with van der Waals surface area (Å²) in [7, 11) is 0. The van der Waals surface area contributed by atoms with Gasteiger partial charge in [-0.2, -0.15) is 0 Å². The summed E-state index contributed by atoms with van der Waals surface area (Å²) in [6.07, 6.45) is 4.40. The summed E-state index contributed by atoms with van der Waals surface area (Å²) >= 11 is 0. The Morgan fingerprint density at radius 1 is 0.950 bits per heavy atom. The number of hydrogen-bond donors (Lipinski definition) is 1. The van der Waals surface area contributed by atoms with Crippen LogP contribution in [0.1, 0.15) is 43.6 Å². The molecule has 1 aromatic rings. The zero-order valence-corrected chi connectivity index (χ0v) is 11.8. The van der Waals surface area contributed by atoms with Crippen molar-refractivity contribution in [2.45, 2.75) is 49.4 Å². The molecule has 0 amide bonds. The van der Waals surface area contributed by atoms with Gasteiger partial charge < -0.3 is 14.6 Å². The summed E-state index contributed by atoms with van der Waals surface area (Å²) in [6, 6.07) is 10.6. The molecule has 0 bridgehead atoms. The van der Waals surface area contributed by atoms with Gasteiger partial charge in [-0.3, -0.25) is 0 Å². The number of ether oxygens (including phenoxy) is 2. The summed E-state index contributed by atoms with van der Waals surface area (Å²) in [5, 5.41) is 11.0. The van der Waals surface area contributed by atoms with E-state index in [4.69, 9.17) is 9.47 Å². The van der Waals surface area contributed by atoms with Crippen molar-refractivity contribution in [3.05, 3.63) is 35.9 Å². The van der Waals surface area contributed by atoms with E-state index in [-0.39, 0.29) is 5.79 Å². The van der Waals surface area contributed by atoms with Crippen molar-refractivity contribution in [3.8, 4) is 0 Å². The van der Waals surface area contributed by atoms with Crippen molar-refractivity contribution < 1.29 is 14.6 Å². The molecular formula is C17H22O3. The van der Waals surface area contributed by atoms with E-state index in [9.17, 15) is 5.11 Å². The molecule has 2 aliphatic carbocycles. The van der Waals surface area contributed by atoms with Crippen molar-refractivity contribution in [3.63, 3.8) is 0 Å². The monoisotopic (exact) mass is 274 g/mol. The van der Waals surface area contributed by atoms with Gasteiger partial charge in [0.15, 0.2) is 5.79 Å². The predicted molar refractivity (Wildman–Crippen MR) is 75.3 cm³/mol. The third-order valence-corrected chi connectivity index (χ3v) is 5.40. The maximum atomic E-state index is 11.0. The highest BCUT2D eigenvalue weighted by atomic mass is 16.7. The van der Waals surface area contributed by atoms with Crippen molar-refractivity contribution in [2.75, 3.05) is 13.2 Å². The standard InChI is InChI=1S/C17H22O3/c18-16(6-8-17(9-7-16)19-10-11-20-17)15-12-14(15)13-4-2-1-3-5-13/h1-5,14-15,18H,6-12H2. The van der Waals surface area contributed by atoms with E-state index < -0.39 is 5.60 Å². The van der Waals surface area contributed by atoms with Crippen LogP contribution in [-0.2, 0) is 9.47 Å². The average Bonchev–Trinajstić information content (AvgIpc) is 3.19. The van der Waals surface area contributed by atoms with Gasteiger partial charge in [0.25, 0.3) is 0 Å². The van der Waals surface area contributed by atoms with Gasteiger partial charge in [-0.25, -0.2) is 0 Å². The minimum atomic E-state index is -0.513. The van der Waals surface area contributed by atoms with Crippen LogP contribution in [0, 0.1) is 5.92 Å². The molecule has 2 atom stereocenters. The Morgan fingerprint density at radius 2 is 1.60 bits per heavy atom. The van der Waals surface area contributed by atoms with E-state index in [0.717, 1.165) is 32.1 Å². The van der Waals surface area contributed by atoms with Crippen LogP contribution < -0.4 is 0 Å². The van der Waals surface area contributed by atoms with E-state index in [2.05, 4.69) is 30.3 Å². The first-order chi connectivity index (χ1) is 9.71. The molecule has 108 valence electrons. The largest absolute Gasteiger partial charge is 0.390 e. The molecule has 1 saturated heterocycles. The van der Waals surface area contributed by atoms with E-state index in [0.29, 0.717) is 25.0 Å². The highest BCUT2D eigenvalue weighted by Gasteiger charge is 2.56. The van der Waals surface area contributed by atoms with E-state index in [1.54, 1.807) is 0 Å². The third-order valence-electron chi connectivity index (χ3n) is 5.40. The summed E-state index contributed by atoms with van der Waals surface area (Å²) in [5.41, 5.74) is 0.862. The fourth-order valence-corrected chi connectivity index (χ4v) is 4.08. The van der Waals surface area contributed by atoms with E-state index in [1.807, 2.05) is 0 Å². The minimum Gasteiger partial charge on any atom is -0.390 e. The second kappa shape index (κ2) is 4.55. The first-order valence-corrected chi connectivity index (χ1v) is 7.76. The predicted octanol–water partition coefficient (Wildman–Crippen LogP) is 2.84. The molecule has 1 heterocycles. The Hall–Kier alpha value is -0.900. The quantitative estimate of drug-likeness (QED) is 0.901. The lowest BCUT2D eigenvalue weighted by Crippen LogP contribution is -2.45. The van der Waals surface area contributed by atoms with Gasteiger partial charge in [0.05, 0.1) is 18.8 Å². The zero-order chi connectivity index (χ0) is 13.6. The molecule has 3 nitrogen and oxygen atoms in total. The summed E-state index contributed by atoms with van der Waals surface area (Å²) in [6.45, 7) is 1.41. The van der Waals surface area contributed by atoms with Crippen LogP contribution >= 0.6 is 0 Å². The van der Waals surface area contributed by atoms with Gasteiger partial charge in [0, 0.05) is 12.8 Å². The molecular weight excluding hydrogens is 252 g/mol. The van der Waals surface area contributed by atoms with Crippen molar-refractivity contribution >= 4 is 0 Å². The number of benzene rings is 1. The van der Waals surface area contributed by atoms with Gasteiger partial charge >= 0.3 is 0 Å². The summed E-state index contributed by atoms with van der Waals surface area (Å²) in [4.78, 5) is 0. The van der Waals surface area contributed by atoms with Gasteiger partial charge in [0.1, 0.15) is 0 Å². The third kappa shape index (κ3) is 2.09. The van der Waals surface area contributed by atoms with Gasteiger partial charge in [-0.05, 0) is 36.7 Å². The molecule has 4 rings (SSSR count). The average molecular weight is 274 g/mol. The minimum absolute atomic E-state index is 0.372. The lowest BCUT2D eigenvalue weighted by Gasteiger charge is -2.41. The summed E-state index contributed by atoms with van der Waals surface area (Å²) < 4.78 is 11.5. The molecule has 0 aromatic heterocycles. The molecule has 1 spiro atoms. The smallest absolute Gasteiger partial charge is 0.168 e. The molecule has 1 aliphatic heterocycles. The van der Waals surface area contributed by atoms with Crippen molar-refractivity contribution in [2.24, 2.45) is 5.92 Å². The molecule has 20 heavy (non-hydrogen) atoms. The maximum Gasteiger partial charge on any atom is 0.168 e. The van der Waals surface area contributed by atoms with Crippen LogP contribution in [0.3, 0.4) is 0 Å². The Labute approximate surface area is 119 Å². The highest BCUT2D eigenvalue weighted by molar-refractivity contribution is 5.28. The van der Waals surface area contributed by atoms with Crippen LogP contribution in [0.25, 0.3) is 0 Å². The molecule has 2 saturated carbocycles. The lowest BCUT2D eigenvalue weighted by atomic mass is 9.77. The van der Waals surface area contributed by atoms with Gasteiger partial charge in [-0.15, -0.1) is 0 Å². The Kier molecular flexibility index (Phi) is 2.92. The number of hydrogen-bond acceptors (Lipinski definition) is 3. The first kappa shape index (κ1) is 12.8. The van der Waals surface area contributed by atoms with Gasteiger partial charge in [0.2, 0.25) is 0 Å². The first-order valence-electron chi connectivity index (χ1n) is 7.76. The fourth-order valence-electron chi connectivity index (χ4n) is 4.08. The zero-order valence-electron chi connectivity index (χ0n) is 11.8. The van der Waals surface area contributed by atoms with Crippen LogP contribution in [0.5, 0.6) is 0 Å². The Bertz CT molecular complexity index is 468. The topological polar surface area (TPSA) is 38.7 Å². The summed E-state index contributed by atoms with van der Waals surface area (Å²) in [5.74, 6) is 0.591. The highest BCUT2D eigenvalue weighted by Crippen LogP contribution is 2.58.